The molecule has 0 heterocycles. The van der Waals surface area contributed by atoms with Gasteiger partial charge in [-0.3, -0.25) is 4.79 Å². The van der Waals surface area contributed by atoms with Gasteiger partial charge in [0.25, 0.3) is 0 Å². The van der Waals surface area contributed by atoms with Crippen LogP contribution in [0.1, 0.15) is 12.5 Å². The average Bonchev–Trinajstić information content (AvgIpc) is 2.36. The average molecular weight is 250 g/mol. The number of ether oxygens (including phenoxy) is 1. The normalized spacial score (nSPS) is 12.0. The molecule has 0 fully saturated rings. The van der Waals surface area contributed by atoms with Crippen molar-refractivity contribution in [3.05, 3.63) is 29.8 Å². The largest absolute Gasteiger partial charge is 0.496 e. The fourth-order valence-corrected chi connectivity index (χ4v) is 1.69. The predicted molar refractivity (Wildman–Crippen MR) is 72.9 cm³/mol. The Bertz CT molecular complexity index is 391. The number of likely N-dealkylation sites (N-methyl/N-ethyl adjacent to an activating group) is 1. The second-order valence-electron chi connectivity index (χ2n) is 4.59. The van der Waals surface area contributed by atoms with Crippen molar-refractivity contribution in [2.75, 3.05) is 27.7 Å². The Morgan fingerprint density at radius 3 is 2.67 bits per heavy atom. The zero-order chi connectivity index (χ0) is 13.5. The van der Waals surface area contributed by atoms with Gasteiger partial charge in [0, 0.05) is 20.1 Å². The number of para-hydroxylation sites is 1. The summed E-state index contributed by atoms with van der Waals surface area (Å²) in [6, 6.07) is 8.17. The summed E-state index contributed by atoms with van der Waals surface area (Å²) in [6.45, 7) is 2.43. The molecular weight excluding hydrogens is 228 g/mol. The second-order valence-corrected chi connectivity index (χ2v) is 4.59. The number of nitrogens with one attached hydrogen (secondary N) is 1. The first kappa shape index (κ1) is 14.5. The van der Waals surface area contributed by atoms with Crippen LogP contribution in [0.25, 0.3) is 0 Å². The highest BCUT2D eigenvalue weighted by Crippen LogP contribution is 2.18. The minimum Gasteiger partial charge on any atom is -0.496 e. The van der Waals surface area contributed by atoms with Crippen LogP contribution < -0.4 is 10.1 Å². The molecule has 100 valence electrons. The maximum Gasteiger partial charge on any atom is 0.236 e. The van der Waals surface area contributed by atoms with Gasteiger partial charge in [0.2, 0.25) is 5.91 Å². The maximum atomic E-state index is 11.5. The topological polar surface area (TPSA) is 41.6 Å². The van der Waals surface area contributed by atoms with E-state index in [1.54, 1.807) is 26.1 Å². The Kier molecular flexibility index (Phi) is 5.65. The number of hydrogen-bond donors (Lipinski definition) is 1. The minimum absolute atomic E-state index is 0.0851. The molecule has 4 nitrogen and oxygen atoms in total. The molecule has 0 spiro atoms. The van der Waals surface area contributed by atoms with Gasteiger partial charge in [-0.05, 0) is 25.0 Å². The van der Waals surface area contributed by atoms with Gasteiger partial charge in [-0.15, -0.1) is 0 Å². The summed E-state index contributed by atoms with van der Waals surface area (Å²) in [6.07, 6.45) is 0.838. The molecule has 0 aliphatic heterocycles. The van der Waals surface area contributed by atoms with Crippen LogP contribution in [0, 0.1) is 0 Å². The van der Waals surface area contributed by atoms with E-state index in [0.717, 1.165) is 17.7 Å². The highest BCUT2D eigenvalue weighted by atomic mass is 16.5. The molecule has 4 heteroatoms. The van der Waals surface area contributed by atoms with Crippen molar-refractivity contribution in [3.63, 3.8) is 0 Å². The lowest BCUT2D eigenvalue weighted by Gasteiger charge is -2.17. The molecule has 1 aromatic carbocycles. The number of methoxy groups -OCH3 is 1. The van der Waals surface area contributed by atoms with E-state index in [1.165, 1.54) is 0 Å². The van der Waals surface area contributed by atoms with Crippen molar-refractivity contribution in [1.29, 1.82) is 0 Å². The zero-order valence-electron chi connectivity index (χ0n) is 11.6. The third-order valence-electron chi connectivity index (χ3n) is 2.82. The summed E-state index contributed by atoms with van der Waals surface area (Å²) in [5, 5.41) is 3.22. The van der Waals surface area contributed by atoms with E-state index < -0.39 is 0 Å². The van der Waals surface area contributed by atoms with Crippen LogP contribution in [-0.4, -0.2) is 44.6 Å². The highest BCUT2D eigenvalue weighted by molar-refractivity contribution is 5.77. The Hall–Kier alpha value is -1.55. The SMILES string of the molecule is COc1ccccc1CC(C)NCC(=O)N(C)C. The van der Waals surface area contributed by atoms with Gasteiger partial charge >= 0.3 is 0 Å². The maximum absolute atomic E-state index is 11.5. The summed E-state index contributed by atoms with van der Waals surface area (Å²) in [4.78, 5) is 13.0. The molecule has 18 heavy (non-hydrogen) atoms. The Balaban J connectivity index is 2.49. The molecular formula is C14H22N2O2. The summed E-state index contributed by atoms with van der Waals surface area (Å²) < 4.78 is 5.31. The first-order chi connectivity index (χ1) is 8.54. The molecule has 1 rings (SSSR count). The van der Waals surface area contributed by atoms with Crippen LogP contribution in [0.15, 0.2) is 24.3 Å². The fourth-order valence-electron chi connectivity index (χ4n) is 1.69. The molecule has 0 saturated heterocycles. The number of hydrogen-bond acceptors (Lipinski definition) is 3. The van der Waals surface area contributed by atoms with Crippen molar-refractivity contribution >= 4 is 5.91 Å². The Labute approximate surface area is 109 Å². The predicted octanol–water partition coefficient (Wildman–Crippen LogP) is 1.30. The molecule has 1 atom stereocenters. The molecule has 0 aliphatic rings. The number of nitrogens with zero attached hydrogens (tertiary/aromatic N) is 1. The lowest BCUT2D eigenvalue weighted by molar-refractivity contribution is -0.127. The van der Waals surface area contributed by atoms with E-state index in [1.807, 2.05) is 24.3 Å². The third-order valence-corrected chi connectivity index (χ3v) is 2.82. The van der Waals surface area contributed by atoms with Gasteiger partial charge in [0.05, 0.1) is 13.7 Å². The van der Waals surface area contributed by atoms with E-state index in [0.29, 0.717) is 6.54 Å². The van der Waals surface area contributed by atoms with Crippen LogP contribution in [-0.2, 0) is 11.2 Å². The van der Waals surface area contributed by atoms with E-state index in [4.69, 9.17) is 4.74 Å². The number of carbonyl (C=O) groups is 1. The van der Waals surface area contributed by atoms with Crippen LogP contribution in [0.4, 0.5) is 0 Å². The van der Waals surface area contributed by atoms with Crippen LogP contribution in [0.5, 0.6) is 5.75 Å². The quantitative estimate of drug-likeness (QED) is 0.827. The van der Waals surface area contributed by atoms with E-state index in [-0.39, 0.29) is 11.9 Å². The zero-order valence-corrected chi connectivity index (χ0v) is 11.6. The molecule has 0 aliphatic carbocycles. The van der Waals surface area contributed by atoms with E-state index >= 15 is 0 Å². The lowest BCUT2D eigenvalue weighted by atomic mass is 10.1. The first-order valence-electron chi connectivity index (χ1n) is 6.10. The molecule has 1 amide bonds. The molecule has 1 aromatic rings. The van der Waals surface area contributed by atoms with Gasteiger partial charge in [-0.1, -0.05) is 18.2 Å². The van der Waals surface area contributed by atoms with Gasteiger partial charge in [0.15, 0.2) is 0 Å². The summed E-state index contributed by atoms with van der Waals surface area (Å²) in [5.41, 5.74) is 1.15. The molecule has 0 aromatic heterocycles. The third kappa shape index (κ3) is 4.37. The molecule has 1 N–H and O–H groups in total. The van der Waals surface area contributed by atoms with Crippen molar-refractivity contribution in [2.45, 2.75) is 19.4 Å². The number of benzene rings is 1. The summed E-state index contributed by atoms with van der Waals surface area (Å²) >= 11 is 0. The minimum atomic E-state index is 0.0851. The van der Waals surface area contributed by atoms with Gasteiger partial charge in [0.1, 0.15) is 5.75 Å². The van der Waals surface area contributed by atoms with Crippen molar-refractivity contribution in [1.82, 2.24) is 10.2 Å². The number of carbonyl (C=O) groups excluding carboxylic acids is 1. The van der Waals surface area contributed by atoms with Crippen LogP contribution in [0.3, 0.4) is 0 Å². The molecule has 0 saturated carbocycles. The number of rotatable bonds is 6. The monoisotopic (exact) mass is 250 g/mol. The van der Waals surface area contributed by atoms with E-state index in [9.17, 15) is 4.79 Å². The van der Waals surface area contributed by atoms with Crippen LogP contribution in [0.2, 0.25) is 0 Å². The van der Waals surface area contributed by atoms with Gasteiger partial charge in [-0.2, -0.15) is 0 Å². The van der Waals surface area contributed by atoms with Crippen LogP contribution >= 0.6 is 0 Å². The number of amides is 1. The molecule has 0 bridgehead atoms. The standard InChI is InChI=1S/C14H22N2O2/c1-11(15-10-14(17)16(2)3)9-12-7-5-6-8-13(12)18-4/h5-8,11,15H,9-10H2,1-4H3. The Morgan fingerprint density at radius 2 is 2.06 bits per heavy atom. The van der Waals surface area contributed by atoms with Crippen molar-refractivity contribution < 1.29 is 9.53 Å². The lowest BCUT2D eigenvalue weighted by Crippen LogP contribution is -2.38. The van der Waals surface area contributed by atoms with Gasteiger partial charge < -0.3 is 15.0 Å². The fraction of sp³-hybridized carbons (Fsp3) is 0.500. The smallest absolute Gasteiger partial charge is 0.236 e. The first-order valence-corrected chi connectivity index (χ1v) is 6.10. The molecule has 0 radical (unpaired) electrons. The Morgan fingerprint density at radius 1 is 1.39 bits per heavy atom. The van der Waals surface area contributed by atoms with E-state index in [2.05, 4.69) is 12.2 Å². The van der Waals surface area contributed by atoms with Gasteiger partial charge in [-0.25, -0.2) is 0 Å². The summed E-state index contributed by atoms with van der Waals surface area (Å²) in [5.74, 6) is 0.979. The van der Waals surface area contributed by atoms with Crippen molar-refractivity contribution in [3.8, 4) is 5.75 Å². The summed E-state index contributed by atoms with van der Waals surface area (Å²) in [7, 11) is 5.19. The molecule has 1 unspecified atom stereocenters. The second kappa shape index (κ2) is 7.01. The van der Waals surface area contributed by atoms with Crippen molar-refractivity contribution in [2.24, 2.45) is 0 Å². The highest BCUT2D eigenvalue weighted by Gasteiger charge is 2.10.